The van der Waals surface area contributed by atoms with Gasteiger partial charge in [-0.05, 0) is 35.9 Å². The third-order valence-electron chi connectivity index (χ3n) is 3.45. The lowest BCUT2D eigenvalue weighted by molar-refractivity contribution is -0.113. The maximum absolute atomic E-state index is 12.2. The van der Waals surface area contributed by atoms with E-state index >= 15 is 0 Å². The van der Waals surface area contributed by atoms with Crippen molar-refractivity contribution in [3.8, 4) is 0 Å². The van der Waals surface area contributed by atoms with Crippen LogP contribution in [0.3, 0.4) is 0 Å². The summed E-state index contributed by atoms with van der Waals surface area (Å²) in [5, 5.41) is 7.89. The summed E-state index contributed by atoms with van der Waals surface area (Å²) >= 11 is 10.9. The zero-order chi connectivity index (χ0) is 17.6. The monoisotopic (exact) mass is 435 g/mol. The number of hydrogen-bond donors (Lipinski definition) is 1. The first-order valence-corrected chi connectivity index (χ1v) is 9.71. The van der Waals surface area contributed by atoms with E-state index in [2.05, 4.69) is 26.3 Å². The summed E-state index contributed by atoms with van der Waals surface area (Å²) in [6.45, 7) is 0.578. The summed E-state index contributed by atoms with van der Waals surface area (Å²) < 4.78 is 2.78. The Morgan fingerprint density at radius 2 is 1.92 bits per heavy atom. The highest BCUT2D eigenvalue weighted by atomic mass is 79.9. The molecule has 0 aliphatic rings. The van der Waals surface area contributed by atoms with Crippen LogP contribution in [0.15, 0.2) is 70.2 Å². The number of hydrogen-bond acceptors (Lipinski definition) is 3. The number of carbonyl (C=O) groups excluding carboxylic acids is 1. The SMILES string of the molecule is O=C(CSc1ccc(Cl)cc1)Nc1ccnn1Cc1ccccc1Br. The average molecular weight is 437 g/mol. The molecular formula is C18H15BrClN3OS. The Morgan fingerprint density at radius 3 is 2.68 bits per heavy atom. The molecule has 128 valence electrons. The third kappa shape index (κ3) is 5.11. The second-order valence-corrected chi connectivity index (χ2v) is 7.60. The molecule has 1 heterocycles. The van der Waals surface area contributed by atoms with E-state index in [1.807, 2.05) is 48.5 Å². The van der Waals surface area contributed by atoms with Crippen LogP contribution in [0.2, 0.25) is 5.02 Å². The molecule has 2 aromatic carbocycles. The molecule has 3 aromatic rings. The number of rotatable bonds is 6. The molecule has 1 aromatic heterocycles. The van der Waals surface area contributed by atoms with Crippen molar-refractivity contribution in [3.63, 3.8) is 0 Å². The molecule has 3 rings (SSSR count). The Labute approximate surface area is 163 Å². The minimum Gasteiger partial charge on any atom is -0.310 e. The molecule has 0 radical (unpaired) electrons. The maximum atomic E-state index is 12.2. The lowest BCUT2D eigenvalue weighted by Gasteiger charge is -2.10. The molecule has 25 heavy (non-hydrogen) atoms. The van der Waals surface area contributed by atoms with Gasteiger partial charge in [0.15, 0.2) is 0 Å². The molecule has 7 heteroatoms. The van der Waals surface area contributed by atoms with Crippen molar-refractivity contribution < 1.29 is 4.79 Å². The average Bonchev–Trinajstić information content (AvgIpc) is 3.03. The zero-order valence-corrected chi connectivity index (χ0v) is 16.3. The molecule has 0 unspecified atom stereocenters. The molecular weight excluding hydrogens is 422 g/mol. The molecule has 0 aliphatic heterocycles. The molecule has 0 atom stereocenters. The first kappa shape index (κ1) is 18.0. The van der Waals surface area contributed by atoms with E-state index in [4.69, 9.17) is 11.6 Å². The summed E-state index contributed by atoms with van der Waals surface area (Å²) in [6.07, 6.45) is 1.68. The molecule has 0 fully saturated rings. The lowest BCUT2D eigenvalue weighted by Crippen LogP contribution is -2.17. The van der Waals surface area contributed by atoms with Gasteiger partial charge in [0.2, 0.25) is 5.91 Å². The van der Waals surface area contributed by atoms with Crippen molar-refractivity contribution in [2.24, 2.45) is 0 Å². The number of amides is 1. The topological polar surface area (TPSA) is 46.9 Å². The van der Waals surface area contributed by atoms with Gasteiger partial charge < -0.3 is 5.32 Å². The van der Waals surface area contributed by atoms with Gasteiger partial charge in [-0.1, -0.05) is 45.7 Å². The minimum atomic E-state index is -0.0752. The summed E-state index contributed by atoms with van der Waals surface area (Å²) in [6, 6.07) is 17.2. The number of aromatic nitrogens is 2. The van der Waals surface area contributed by atoms with E-state index in [1.54, 1.807) is 16.9 Å². The minimum absolute atomic E-state index is 0.0752. The number of benzene rings is 2. The fourth-order valence-corrected chi connectivity index (χ4v) is 3.45. The first-order valence-electron chi connectivity index (χ1n) is 7.55. The van der Waals surface area contributed by atoms with Crippen LogP contribution in [0.4, 0.5) is 5.82 Å². The highest BCUT2D eigenvalue weighted by molar-refractivity contribution is 9.10. The van der Waals surface area contributed by atoms with Crippen LogP contribution >= 0.6 is 39.3 Å². The van der Waals surface area contributed by atoms with Crippen LogP contribution in [0.1, 0.15) is 5.56 Å². The van der Waals surface area contributed by atoms with Crippen LogP contribution in [-0.4, -0.2) is 21.4 Å². The fourth-order valence-electron chi connectivity index (χ4n) is 2.21. The summed E-state index contributed by atoms with van der Waals surface area (Å²) in [5.41, 5.74) is 1.09. The standard InChI is InChI=1S/C18H15BrClN3OS/c19-16-4-2-1-3-13(16)11-23-17(9-10-21-23)22-18(24)12-25-15-7-5-14(20)6-8-15/h1-10H,11-12H2,(H,22,24). The van der Waals surface area contributed by atoms with Crippen molar-refractivity contribution in [3.05, 3.63) is 75.9 Å². The molecule has 0 bridgehead atoms. The zero-order valence-electron chi connectivity index (χ0n) is 13.2. The van der Waals surface area contributed by atoms with Crippen LogP contribution in [-0.2, 0) is 11.3 Å². The fraction of sp³-hybridized carbons (Fsp3) is 0.111. The van der Waals surface area contributed by atoms with Gasteiger partial charge in [-0.3, -0.25) is 4.79 Å². The second-order valence-electron chi connectivity index (χ2n) is 5.26. The quantitative estimate of drug-likeness (QED) is 0.548. The Kier molecular flexibility index (Phi) is 6.18. The van der Waals surface area contributed by atoms with Crippen molar-refractivity contribution in [1.29, 1.82) is 0 Å². The smallest absolute Gasteiger partial charge is 0.235 e. The Hall–Kier alpha value is -1.76. The molecule has 1 N–H and O–H groups in total. The number of nitrogens with zero attached hydrogens (tertiary/aromatic N) is 2. The van der Waals surface area contributed by atoms with E-state index < -0.39 is 0 Å². The molecule has 0 spiro atoms. The van der Waals surface area contributed by atoms with E-state index in [-0.39, 0.29) is 5.91 Å². The second kappa shape index (κ2) is 8.56. The predicted octanol–water partition coefficient (Wildman–Crippen LogP) is 5.08. The summed E-state index contributed by atoms with van der Waals surface area (Å²) in [4.78, 5) is 13.2. The Balaban J connectivity index is 1.60. The van der Waals surface area contributed by atoms with Gasteiger partial charge in [-0.2, -0.15) is 5.10 Å². The van der Waals surface area contributed by atoms with Gasteiger partial charge in [-0.15, -0.1) is 11.8 Å². The van der Waals surface area contributed by atoms with Gasteiger partial charge in [-0.25, -0.2) is 4.68 Å². The Bertz CT molecular complexity index is 867. The van der Waals surface area contributed by atoms with Crippen LogP contribution in [0.25, 0.3) is 0 Å². The molecule has 4 nitrogen and oxygen atoms in total. The van der Waals surface area contributed by atoms with E-state index in [1.165, 1.54) is 11.8 Å². The maximum Gasteiger partial charge on any atom is 0.235 e. The predicted molar refractivity (Wildman–Crippen MR) is 106 cm³/mol. The van der Waals surface area contributed by atoms with Gasteiger partial charge in [0.05, 0.1) is 18.5 Å². The normalized spacial score (nSPS) is 10.6. The van der Waals surface area contributed by atoms with Gasteiger partial charge in [0, 0.05) is 20.5 Å². The van der Waals surface area contributed by atoms with Crippen molar-refractivity contribution in [2.75, 3.05) is 11.1 Å². The van der Waals surface area contributed by atoms with E-state index in [0.29, 0.717) is 23.1 Å². The summed E-state index contributed by atoms with van der Waals surface area (Å²) in [5.74, 6) is 0.924. The van der Waals surface area contributed by atoms with Gasteiger partial charge in [0.25, 0.3) is 0 Å². The van der Waals surface area contributed by atoms with Gasteiger partial charge in [0.1, 0.15) is 5.82 Å². The number of anilines is 1. The Morgan fingerprint density at radius 1 is 1.16 bits per heavy atom. The highest BCUT2D eigenvalue weighted by Crippen LogP contribution is 2.21. The van der Waals surface area contributed by atoms with Crippen LogP contribution in [0, 0.1) is 0 Å². The van der Waals surface area contributed by atoms with Crippen molar-refractivity contribution in [1.82, 2.24) is 9.78 Å². The van der Waals surface area contributed by atoms with Crippen molar-refractivity contribution in [2.45, 2.75) is 11.4 Å². The highest BCUT2D eigenvalue weighted by Gasteiger charge is 2.09. The van der Waals surface area contributed by atoms with Gasteiger partial charge >= 0.3 is 0 Å². The summed E-state index contributed by atoms with van der Waals surface area (Å²) in [7, 11) is 0. The first-order chi connectivity index (χ1) is 12.1. The number of carbonyl (C=O) groups is 1. The van der Waals surface area contributed by atoms with Crippen LogP contribution < -0.4 is 5.32 Å². The lowest BCUT2D eigenvalue weighted by atomic mass is 10.2. The van der Waals surface area contributed by atoms with E-state index in [0.717, 1.165) is 14.9 Å². The molecule has 0 saturated carbocycles. The largest absolute Gasteiger partial charge is 0.310 e. The number of halogens is 2. The molecule has 1 amide bonds. The van der Waals surface area contributed by atoms with E-state index in [9.17, 15) is 4.79 Å². The molecule has 0 saturated heterocycles. The number of nitrogens with one attached hydrogen (secondary N) is 1. The number of thioether (sulfide) groups is 1. The third-order valence-corrected chi connectivity index (χ3v) is 5.48. The van der Waals surface area contributed by atoms with Crippen molar-refractivity contribution >= 4 is 51.0 Å². The molecule has 0 aliphatic carbocycles. The van der Waals surface area contributed by atoms with Crippen LogP contribution in [0.5, 0.6) is 0 Å².